The highest BCUT2D eigenvalue weighted by Crippen LogP contribution is 2.25. The van der Waals surface area contributed by atoms with Gasteiger partial charge in [0.05, 0.1) is 12.2 Å². The van der Waals surface area contributed by atoms with Crippen LogP contribution in [0.15, 0.2) is 29.2 Å². The van der Waals surface area contributed by atoms with Crippen molar-refractivity contribution in [3.8, 4) is 0 Å². The largest absolute Gasteiger partial charge is 0.463 e. The van der Waals surface area contributed by atoms with E-state index in [9.17, 15) is 14.4 Å². The highest BCUT2D eigenvalue weighted by molar-refractivity contribution is 5.88. The minimum Gasteiger partial charge on any atom is -0.463 e. The van der Waals surface area contributed by atoms with Gasteiger partial charge in [0.15, 0.2) is 0 Å². The van der Waals surface area contributed by atoms with Gasteiger partial charge in [0, 0.05) is 64.5 Å². The van der Waals surface area contributed by atoms with Gasteiger partial charge in [-0.15, -0.1) is 0 Å². The number of carbonyl (C=O) groups is 3. The average molecular weight is 568 g/mol. The molecule has 11 heteroatoms. The first-order valence-corrected chi connectivity index (χ1v) is 14.6. The molecular weight excluding hydrogens is 510 g/mol. The Hall–Kier alpha value is -2.92. The molecule has 0 aromatic rings. The lowest BCUT2D eigenvalue weighted by molar-refractivity contribution is -0.138. The molecule has 4 N–H and O–H groups in total. The number of aliphatic imine (C=N–C) groups is 1. The van der Waals surface area contributed by atoms with E-state index < -0.39 is 0 Å². The number of nitrogens with one attached hydrogen (secondary N) is 2. The lowest BCUT2D eigenvalue weighted by Crippen LogP contribution is -2.53. The zero-order valence-corrected chi connectivity index (χ0v) is 26.2. The fraction of sp³-hybridized carbons (Fsp3) is 0.724. The minimum atomic E-state index is -0.346. The molecule has 0 bridgehead atoms. The summed E-state index contributed by atoms with van der Waals surface area (Å²) in [6.45, 7) is 23.1. The summed E-state index contributed by atoms with van der Waals surface area (Å²) in [7, 11) is 1.72. The number of hydrogen-bond acceptors (Lipinski definition) is 9. The molecule has 0 spiro atoms. The number of amides is 2. The van der Waals surface area contributed by atoms with E-state index in [4.69, 9.17) is 10.6 Å². The van der Waals surface area contributed by atoms with Gasteiger partial charge in [0.2, 0.25) is 12.3 Å². The Balaban J connectivity index is 0. The monoisotopic (exact) mass is 567 g/mol. The Bertz CT molecular complexity index is 743. The SMILES string of the molecule is C=CN(C)N.C=N/C(NC1CCC(N2CCN(C(=O)CCC)CC2)CC1)=C(\C)C(=O)OCC.CC.CCNC=O. The van der Waals surface area contributed by atoms with Crippen LogP contribution in [0.4, 0.5) is 0 Å². The topological polar surface area (TPSA) is 133 Å². The molecule has 2 amide bonds. The predicted octanol–water partition coefficient (Wildman–Crippen LogP) is 3.04. The molecule has 0 atom stereocenters. The third-order valence-electron chi connectivity index (χ3n) is 6.36. The lowest BCUT2D eigenvalue weighted by Gasteiger charge is -2.42. The number of nitrogens with zero attached hydrogens (tertiary/aromatic N) is 4. The summed E-state index contributed by atoms with van der Waals surface area (Å²) in [5, 5.41) is 7.20. The van der Waals surface area contributed by atoms with E-state index in [0.29, 0.717) is 48.8 Å². The van der Waals surface area contributed by atoms with Crippen molar-refractivity contribution in [3.05, 3.63) is 24.2 Å². The Kier molecular flexibility index (Phi) is 24.6. The molecule has 40 heavy (non-hydrogen) atoms. The smallest absolute Gasteiger partial charge is 0.337 e. The molecule has 1 heterocycles. The standard InChI is InChI=1S/C21H36N4O3.C3H8N2.C3H7NO.C2H6/c1-5-7-19(26)25-14-12-24(13-15-25)18-10-8-17(9-11-18)23-20(22-4)16(3)21(27)28-6-2;1-3-5(2)4;1-2-4-3-5;1-2/h17-18,23H,4-15H2,1-3H3;3H,1,4H2,2H3;3H,2H2,1H3,(H,4,5);1-2H3/b20-16-;;;. The van der Waals surface area contributed by atoms with Crippen molar-refractivity contribution >= 4 is 25.0 Å². The summed E-state index contributed by atoms with van der Waals surface area (Å²) in [4.78, 5) is 41.8. The van der Waals surface area contributed by atoms with Gasteiger partial charge < -0.3 is 25.3 Å². The number of hydrogen-bond donors (Lipinski definition) is 3. The fourth-order valence-corrected chi connectivity index (χ4v) is 4.18. The van der Waals surface area contributed by atoms with E-state index in [2.05, 4.69) is 40.7 Å². The lowest BCUT2D eigenvalue weighted by atomic mass is 9.89. The van der Waals surface area contributed by atoms with E-state index >= 15 is 0 Å². The van der Waals surface area contributed by atoms with Crippen molar-refractivity contribution in [1.82, 2.24) is 25.4 Å². The van der Waals surface area contributed by atoms with Gasteiger partial charge in [-0.05, 0) is 59.6 Å². The second-order valence-corrected chi connectivity index (χ2v) is 9.19. The maximum Gasteiger partial charge on any atom is 0.337 e. The Morgan fingerprint density at radius 3 is 2.02 bits per heavy atom. The third-order valence-corrected chi connectivity index (χ3v) is 6.36. The van der Waals surface area contributed by atoms with Gasteiger partial charge in [-0.3, -0.25) is 14.5 Å². The minimum absolute atomic E-state index is 0.295. The summed E-state index contributed by atoms with van der Waals surface area (Å²) in [6.07, 6.45) is 8.09. The normalized spacial score (nSPS) is 18.9. The van der Waals surface area contributed by atoms with Crippen molar-refractivity contribution < 1.29 is 19.1 Å². The molecule has 0 aromatic heterocycles. The summed E-state index contributed by atoms with van der Waals surface area (Å²) < 4.78 is 5.05. The van der Waals surface area contributed by atoms with Crippen LogP contribution in [0.1, 0.15) is 80.1 Å². The average Bonchev–Trinajstić information content (AvgIpc) is 2.98. The van der Waals surface area contributed by atoms with Gasteiger partial charge in [-0.25, -0.2) is 15.6 Å². The zero-order chi connectivity index (χ0) is 30.9. The van der Waals surface area contributed by atoms with Crippen LogP contribution in [0, 0.1) is 0 Å². The van der Waals surface area contributed by atoms with Gasteiger partial charge in [0.1, 0.15) is 5.82 Å². The molecule has 0 unspecified atom stereocenters. The number of carbonyl (C=O) groups excluding carboxylic acids is 3. The zero-order valence-electron chi connectivity index (χ0n) is 26.2. The molecule has 1 saturated heterocycles. The van der Waals surface area contributed by atoms with E-state index in [1.54, 1.807) is 20.9 Å². The summed E-state index contributed by atoms with van der Waals surface area (Å²) in [5.74, 6) is 5.49. The third kappa shape index (κ3) is 16.9. The van der Waals surface area contributed by atoms with Crippen molar-refractivity contribution in [2.75, 3.05) is 46.4 Å². The molecular formula is C29H57N7O4. The van der Waals surface area contributed by atoms with Crippen molar-refractivity contribution in [1.29, 1.82) is 0 Å². The van der Waals surface area contributed by atoms with Crippen LogP contribution >= 0.6 is 0 Å². The van der Waals surface area contributed by atoms with Gasteiger partial charge >= 0.3 is 5.97 Å². The molecule has 2 rings (SSSR count). The number of hydrazine groups is 1. The molecule has 2 fully saturated rings. The van der Waals surface area contributed by atoms with E-state index in [1.165, 1.54) is 11.2 Å². The molecule has 2 aliphatic rings. The molecule has 0 aromatic carbocycles. The quantitative estimate of drug-likeness (QED) is 0.0867. The Morgan fingerprint density at radius 2 is 1.65 bits per heavy atom. The van der Waals surface area contributed by atoms with Gasteiger partial charge in [-0.1, -0.05) is 27.4 Å². The van der Waals surface area contributed by atoms with Gasteiger partial charge in [-0.2, -0.15) is 0 Å². The second-order valence-electron chi connectivity index (χ2n) is 9.19. The molecule has 1 aliphatic carbocycles. The first-order chi connectivity index (χ1) is 19.2. The molecule has 11 nitrogen and oxygen atoms in total. The fourth-order valence-electron chi connectivity index (χ4n) is 4.18. The molecule has 232 valence electrons. The number of ether oxygens (including phenoxy) is 1. The molecule has 1 aliphatic heterocycles. The van der Waals surface area contributed by atoms with Crippen LogP contribution in [0.2, 0.25) is 0 Å². The van der Waals surface area contributed by atoms with Crippen LogP contribution in [0.3, 0.4) is 0 Å². The highest BCUT2D eigenvalue weighted by Gasteiger charge is 2.29. The number of esters is 1. The van der Waals surface area contributed by atoms with Crippen LogP contribution in [-0.4, -0.2) is 98.3 Å². The molecule has 0 radical (unpaired) electrons. The van der Waals surface area contributed by atoms with E-state index in [1.807, 2.05) is 25.7 Å². The van der Waals surface area contributed by atoms with Crippen molar-refractivity contribution in [2.24, 2.45) is 10.8 Å². The summed E-state index contributed by atoms with van der Waals surface area (Å²) in [5.41, 5.74) is 0.479. The number of nitrogens with two attached hydrogens (primary N) is 1. The summed E-state index contributed by atoms with van der Waals surface area (Å²) in [6, 6.07) is 0.880. The summed E-state index contributed by atoms with van der Waals surface area (Å²) >= 11 is 0. The number of piperazine rings is 1. The maximum atomic E-state index is 12.0. The first kappa shape index (κ1) is 39.2. The van der Waals surface area contributed by atoms with Crippen LogP contribution in [0.25, 0.3) is 0 Å². The first-order valence-electron chi connectivity index (χ1n) is 14.6. The second kappa shape index (κ2) is 25.1. The van der Waals surface area contributed by atoms with Crippen LogP contribution in [-0.2, 0) is 19.1 Å². The molecule has 1 saturated carbocycles. The van der Waals surface area contributed by atoms with E-state index in [0.717, 1.165) is 64.8 Å². The van der Waals surface area contributed by atoms with Crippen molar-refractivity contribution in [2.45, 2.75) is 92.2 Å². The number of rotatable bonds is 11. The van der Waals surface area contributed by atoms with Crippen LogP contribution < -0.4 is 16.5 Å². The van der Waals surface area contributed by atoms with Crippen LogP contribution in [0.5, 0.6) is 0 Å². The maximum absolute atomic E-state index is 12.0. The van der Waals surface area contributed by atoms with Crippen molar-refractivity contribution in [3.63, 3.8) is 0 Å². The Labute approximate surface area is 243 Å². The Morgan fingerprint density at radius 1 is 1.10 bits per heavy atom. The van der Waals surface area contributed by atoms with Gasteiger partial charge in [0.25, 0.3) is 0 Å². The van der Waals surface area contributed by atoms with E-state index in [-0.39, 0.29) is 5.97 Å². The predicted molar refractivity (Wildman–Crippen MR) is 164 cm³/mol. The highest BCUT2D eigenvalue weighted by atomic mass is 16.5.